The van der Waals surface area contributed by atoms with Crippen molar-refractivity contribution in [3.05, 3.63) is 48.9 Å². The Kier molecular flexibility index (Phi) is 4.23. The highest BCUT2D eigenvalue weighted by Gasteiger charge is 2.21. The zero-order valence-corrected chi connectivity index (χ0v) is 11.8. The van der Waals surface area contributed by atoms with Gasteiger partial charge in [0.1, 0.15) is 5.84 Å². The van der Waals surface area contributed by atoms with Crippen molar-refractivity contribution in [1.29, 1.82) is 5.41 Å². The molecule has 0 saturated carbocycles. The SMILES string of the molecule is C=C(CCN1C(=C)CCC1=N)CCN1C(=C)C=CC1=O. The fraction of sp³-hybridized carbons (Fsp3) is 0.375. The van der Waals surface area contributed by atoms with Gasteiger partial charge in [-0.1, -0.05) is 25.3 Å². The number of amidine groups is 1. The van der Waals surface area contributed by atoms with Crippen LogP contribution < -0.4 is 0 Å². The average Bonchev–Trinajstić information content (AvgIpc) is 2.89. The van der Waals surface area contributed by atoms with E-state index in [9.17, 15) is 4.79 Å². The number of hydrogen-bond donors (Lipinski definition) is 1. The van der Waals surface area contributed by atoms with E-state index in [4.69, 9.17) is 5.41 Å². The van der Waals surface area contributed by atoms with E-state index >= 15 is 0 Å². The maximum atomic E-state index is 11.6. The molecule has 0 spiro atoms. The topological polar surface area (TPSA) is 47.4 Å². The molecule has 1 N–H and O–H groups in total. The van der Waals surface area contributed by atoms with Crippen LogP contribution in [-0.4, -0.2) is 34.6 Å². The summed E-state index contributed by atoms with van der Waals surface area (Å²) in [6, 6.07) is 0. The van der Waals surface area contributed by atoms with Crippen LogP contribution in [0.2, 0.25) is 0 Å². The Morgan fingerprint density at radius 2 is 1.80 bits per heavy atom. The predicted molar refractivity (Wildman–Crippen MR) is 81.2 cm³/mol. The molecule has 0 aromatic carbocycles. The first-order valence-electron chi connectivity index (χ1n) is 6.87. The second kappa shape index (κ2) is 5.90. The first-order valence-corrected chi connectivity index (χ1v) is 6.87. The van der Waals surface area contributed by atoms with Gasteiger partial charge in [0.25, 0.3) is 5.91 Å². The predicted octanol–water partition coefficient (Wildman–Crippen LogP) is 2.82. The Hall–Kier alpha value is -2.10. The third-order valence-electron chi connectivity index (χ3n) is 3.77. The maximum absolute atomic E-state index is 11.6. The van der Waals surface area contributed by atoms with Crippen LogP contribution in [0.1, 0.15) is 25.7 Å². The molecule has 1 amide bonds. The molecule has 0 unspecified atom stereocenters. The Morgan fingerprint density at radius 3 is 2.30 bits per heavy atom. The van der Waals surface area contributed by atoms with Crippen molar-refractivity contribution in [1.82, 2.24) is 9.80 Å². The van der Waals surface area contributed by atoms with E-state index in [0.29, 0.717) is 12.4 Å². The van der Waals surface area contributed by atoms with Gasteiger partial charge in [0.05, 0.1) is 0 Å². The van der Waals surface area contributed by atoms with Crippen LogP contribution in [0.15, 0.2) is 48.9 Å². The third-order valence-corrected chi connectivity index (χ3v) is 3.77. The molecule has 2 heterocycles. The van der Waals surface area contributed by atoms with Crippen molar-refractivity contribution in [2.75, 3.05) is 13.1 Å². The lowest BCUT2D eigenvalue weighted by Gasteiger charge is -2.21. The van der Waals surface area contributed by atoms with Gasteiger partial charge in [-0.15, -0.1) is 0 Å². The lowest BCUT2D eigenvalue weighted by molar-refractivity contribution is -0.123. The zero-order valence-electron chi connectivity index (χ0n) is 11.8. The number of nitrogens with zero attached hydrogens (tertiary/aromatic N) is 2. The Morgan fingerprint density at radius 1 is 1.15 bits per heavy atom. The first kappa shape index (κ1) is 14.3. The average molecular weight is 271 g/mol. The molecule has 20 heavy (non-hydrogen) atoms. The van der Waals surface area contributed by atoms with Crippen molar-refractivity contribution in [3.8, 4) is 0 Å². The molecule has 106 valence electrons. The molecule has 1 saturated heterocycles. The minimum atomic E-state index is -0.00232. The van der Waals surface area contributed by atoms with E-state index in [1.807, 2.05) is 4.90 Å². The molecular formula is C16H21N3O. The Bertz CT molecular complexity index is 474. The summed E-state index contributed by atoms with van der Waals surface area (Å²) >= 11 is 0. The minimum absolute atomic E-state index is 0.00232. The highest BCUT2D eigenvalue weighted by atomic mass is 16.2. The summed E-state index contributed by atoms with van der Waals surface area (Å²) < 4.78 is 0. The highest BCUT2D eigenvalue weighted by molar-refractivity contribution is 5.93. The van der Waals surface area contributed by atoms with Crippen molar-refractivity contribution in [3.63, 3.8) is 0 Å². The molecule has 0 radical (unpaired) electrons. The maximum Gasteiger partial charge on any atom is 0.251 e. The number of carbonyl (C=O) groups excluding carboxylic acids is 1. The van der Waals surface area contributed by atoms with Gasteiger partial charge in [0, 0.05) is 37.0 Å². The molecular weight excluding hydrogens is 250 g/mol. The van der Waals surface area contributed by atoms with Crippen LogP contribution >= 0.6 is 0 Å². The summed E-state index contributed by atoms with van der Waals surface area (Å²) in [6.07, 6.45) is 6.54. The normalized spacial score (nSPS) is 18.6. The Balaban J connectivity index is 1.73. The van der Waals surface area contributed by atoms with Crippen LogP contribution in [0, 0.1) is 5.41 Å². The van der Waals surface area contributed by atoms with Gasteiger partial charge >= 0.3 is 0 Å². The summed E-state index contributed by atoms with van der Waals surface area (Å²) in [4.78, 5) is 15.2. The number of allylic oxidation sites excluding steroid dienone is 2. The molecule has 1 fully saturated rings. The quantitative estimate of drug-likeness (QED) is 0.755. The number of nitrogens with one attached hydrogen (secondary N) is 1. The molecule has 0 aliphatic carbocycles. The van der Waals surface area contributed by atoms with Gasteiger partial charge in [0.15, 0.2) is 0 Å². The molecule has 0 atom stereocenters. The van der Waals surface area contributed by atoms with E-state index in [0.717, 1.165) is 49.2 Å². The van der Waals surface area contributed by atoms with Gasteiger partial charge in [-0.05, 0) is 25.3 Å². The van der Waals surface area contributed by atoms with Gasteiger partial charge in [-0.3, -0.25) is 10.2 Å². The number of amides is 1. The number of hydrogen-bond acceptors (Lipinski definition) is 2. The van der Waals surface area contributed by atoms with Gasteiger partial charge in [-0.25, -0.2) is 0 Å². The van der Waals surface area contributed by atoms with E-state index in [-0.39, 0.29) is 5.91 Å². The van der Waals surface area contributed by atoms with Crippen molar-refractivity contribution in [2.24, 2.45) is 0 Å². The molecule has 0 aromatic heterocycles. The second-order valence-electron chi connectivity index (χ2n) is 5.23. The molecule has 4 nitrogen and oxygen atoms in total. The smallest absolute Gasteiger partial charge is 0.251 e. The fourth-order valence-electron chi connectivity index (χ4n) is 2.42. The van der Waals surface area contributed by atoms with Crippen molar-refractivity contribution >= 4 is 11.7 Å². The van der Waals surface area contributed by atoms with Crippen molar-refractivity contribution in [2.45, 2.75) is 25.7 Å². The highest BCUT2D eigenvalue weighted by Crippen LogP contribution is 2.22. The van der Waals surface area contributed by atoms with Crippen LogP contribution in [0.5, 0.6) is 0 Å². The van der Waals surface area contributed by atoms with Crippen LogP contribution in [0.25, 0.3) is 0 Å². The largest absolute Gasteiger partial charge is 0.334 e. The van der Waals surface area contributed by atoms with Crippen LogP contribution in [0.3, 0.4) is 0 Å². The summed E-state index contributed by atoms with van der Waals surface area (Å²) in [5, 5.41) is 7.83. The van der Waals surface area contributed by atoms with Crippen LogP contribution in [-0.2, 0) is 4.79 Å². The first-order chi connectivity index (χ1) is 9.49. The standard InChI is InChI=1S/C16H21N3O/c1-12(8-10-18-13(2)4-6-15(18)17)9-11-19-14(3)5-7-16(19)20/h5,7,17H,1-4,6,8-11H2. The van der Waals surface area contributed by atoms with E-state index in [2.05, 4.69) is 19.7 Å². The summed E-state index contributed by atoms with van der Waals surface area (Å²) in [7, 11) is 0. The number of carbonyl (C=O) groups is 1. The fourth-order valence-corrected chi connectivity index (χ4v) is 2.42. The minimum Gasteiger partial charge on any atom is -0.334 e. The molecule has 0 aromatic rings. The Labute approximate surface area is 120 Å². The molecule has 2 aliphatic rings. The number of likely N-dealkylation sites (tertiary alicyclic amines) is 1. The molecule has 2 rings (SSSR count). The van der Waals surface area contributed by atoms with Gasteiger partial charge < -0.3 is 9.80 Å². The zero-order chi connectivity index (χ0) is 14.7. The molecule has 0 bridgehead atoms. The molecule has 2 aliphatic heterocycles. The van der Waals surface area contributed by atoms with E-state index < -0.39 is 0 Å². The van der Waals surface area contributed by atoms with Crippen LogP contribution in [0.4, 0.5) is 0 Å². The van der Waals surface area contributed by atoms with E-state index in [1.165, 1.54) is 0 Å². The van der Waals surface area contributed by atoms with Crippen molar-refractivity contribution < 1.29 is 4.79 Å². The number of rotatable bonds is 6. The second-order valence-corrected chi connectivity index (χ2v) is 5.23. The lowest BCUT2D eigenvalue weighted by atomic mass is 10.1. The summed E-state index contributed by atoms with van der Waals surface area (Å²) in [5.41, 5.74) is 2.86. The third kappa shape index (κ3) is 3.07. The van der Waals surface area contributed by atoms with E-state index in [1.54, 1.807) is 17.1 Å². The monoisotopic (exact) mass is 271 g/mol. The lowest BCUT2D eigenvalue weighted by Crippen LogP contribution is -2.26. The molecule has 4 heteroatoms. The summed E-state index contributed by atoms with van der Waals surface area (Å²) in [6.45, 7) is 13.3. The van der Waals surface area contributed by atoms with Gasteiger partial charge in [0.2, 0.25) is 0 Å². The van der Waals surface area contributed by atoms with Gasteiger partial charge in [-0.2, -0.15) is 0 Å². The summed E-state index contributed by atoms with van der Waals surface area (Å²) in [5.74, 6) is 0.646.